The van der Waals surface area contributed by atoms with Crippen molar-refractivity contribution in [2.45, 2.75) is 26.8 Å². The van der Waals surface area contributed by atoms with E-state index in [0.29, 0.717) is 22.0 Å². The summed E-state index contributed by atoms with van der Waals surface area (Å²) >= 11 is 6.14. The van der Waals surface area contributed by atoms with Gasteiger partial charge in [-0.15, -0.1) is 0 Å². The molecule has 6 heteroatoms. The van der Waals surface area contributed by atoms with Crippen LogP contribution in [0.3, 0.4) is 0 Å². The van der Waals surface area contributed by atoms with Crippen LogP contribution in [0.1, 0.15) is 26.8 Å². The number of halogens is 1. The summed E-state index contributed by atoms with van der Waals surface area (Å²) in [4.78, 5) is 28.0. The van der Waals surface area contributed by atoms with E-state index in [0.717, 1.165) is 10.9 Å². The molecule has 0 saturated carbocycles. The molecular formula is C19H17ClN2O3. The number of carbonyl (C=O) groups is 1. The van der Waals surface area contributed by atoms with E-state index in [4.69, 9.17) is 16.3 Å². The van der Waals surface area contributed by atoms with Crippen LogP contribution in [-0.2, 0) is 4.79 Å². The van der Waals surface area contributed by atoms with Gasteiger partial charge in [0.25, 0.3) is 0 Å². The van der Waals surface area contributed by atoms with Crippen molar-refractivity contribution in [3.63, 3.8) is 0 Å². The molecule has 3 aromatic rings. The summed E-state index contributed by atoms with van der Waals surface area (Å²) in [6.45, 7) is 5.18. The van der Waals surface area contributed by atoms with Gasteiger partial charge in [0.15, 0.2) is 0 Å². The van der Waals surface area contributed by atoms with Gasteiger partial charge in [-0.1, -0.05) is 23.7 Å². The van der Waals surface area contributed by atoms with E-state index in [1.54, 1.807) is 34.9 Å². The first-order valence-electron chi connectivity index (χ1n) is 7.87. The van der Waals surface area contributed by atoms with Gasteiger partial charge in [-0.2, -0.15) is 4.98 Å². The summed E-state index contributed by atoms with van der Waals surface area (Å²) in [6, 6.07) is 12.3. The van der Waals surface area contributed by atoms with Gasteiger partial charge in [0.05, 0.1) is 11.2 Å². The van der Waals surface area contributed by atoms with Crippen molar-refractivity contribution in [1.29, 1.82) is 0 Å². The van der Waals surface area contributed by atoms with E-state index in [2.05, 4.69) is 4.98 Å². The first kappa shape index (κ1) is 17.2. The van der Waals surface area contributed by atoms with E-state index in [-0.39, 0.29) is 11.7 Å². The van der Waals surface area contributed by atoms with Gasteiger partial charge in [0.1, 0.15) is 5.75 Å². The molecule has 0 radical (unpaired) electrons. The highest BCUT2D eigenvalue weighted by molar-refractivity contribution is 6.31. The largest absolute Gasteiger partial charge is 0.427 e. The fraction of sp³-hybridized carbons (Fsp3) is 0.211. The number of aromatic nitrogens is 2. The summed E-state index contributed by atoms with van der Waals surface area (Å²) in [5.41, 5.74) is 1.59. The average Bonchev–Trinajstić information content (AvgIpc) is 2.53. The lowest BCUT2D eigenvalue weighted by Crippen LogP contribution is -2.25. The Bertz CT molecular complexity index is 1020. The number of carbonyl (C=O) groups excluding carboxylic acids is 1. The maximum absolute atomic E-state index is 12.6. The molecule has 0 N–H and O–H groups in total. The van der Waals surface area contributed by atoms with Crippen LogP contribution in [0.15, 0.2) is 47.3 Å². The van der Waals surface area contributed by atoms with Gasteiger partial charge in [0.2, 0.25) is 0 Å². The molecular weight excluding hydrogens is 340 g/mol. The second-order valence-electron chi connectivity index (χ2n) is 5.99. The molecule has 128 valence electrons. The van der Waals surface area contributed by atoms with Crippen LogP contribution in [0, 0.1) is 0 Å². The first-order valence-corrected chi connectivity index (χ1v) is 8.25. The van der Waals surface area contributed by atoms with Crippen LogP contribution in [-0.4, -0.2) is 15.5 Å². The Labute approximate surface area is 149 Å². The fourth-order valence-electron chi connectivity index (χ4n) is 2.81. The smallest absolute Gasteiger partial charge is 0.348 e. The molecule has 2 aromatic carbocycles. The summed E-state index contributed by atoms with van der Waals surface area (Å²) in [7, 11) is 0. The molecule has 25 heavy (non-hydrogen) atoms. The van der Waals surface area contributed by atoms with Crippen LogP contribution >= 0.6 is 11.6 Å². The van der Waals surface area contributed by atoms with Crippen molar-refractivity contribution in [2.24, 2.45) is 0 Å². The SMILES string of the molecule is CC(=O)Oc1cccc(-c2nc(=O)n(C(C)C)c3cc(Cl)ccc23)c1. The zero-order valence-corrected chi connectivity index (χ0v) is 14.9. The van der Waals surface area contributed by atoms with Crippen molar-refractivity contribution in [1.82, 2.24) is 9.55 Å². The summed E-state index contributed by atoms with van der Waals surface area (Å²) < 4.78 is 6.74. The van der Waals surface area contributed by atoms with Gasteiger partial charge < -0.3 is 4.74 Å². The third kappa shape index (κ3) is 3.42. The quantitative estimate of drug-likeness (QED) is 0.520. The molecule has 1 aromatic heterocycles. The molecule has 0 aliphatic heterocycles. The summed E-state index contributed by atoms with van der Waals surface area (Å²) in [5.74, 6) is -0.000995. The second kappa shape index (κ2) is 6.69. The Hall–Kier alpha value is -2.66. The number of hydrogen-bond donors (Lipinski definition) is 0. The Kier molecular flexibility index (Phi) is 4.59. The zero-order chi connectivity index (χ0) is 18.1. The number of hydrogen-bond acceptors (Lipinski definition) is 4. The molecule has 0 saturated heterocycles. The van der Waals surface area contributed by atoms with Crippen LogP contribution in [0.2, 0.25) is 5.02 Å². The molecule has 3 rings (SSSR count). The molecule has 0 amide bonds. The van der Waals surface area contributed by atoms with Crippen molar-refractivity contribution in [3.8, 4) is 17.0 Å². The maximum Gasteiger partial charge on any atom is 0.348 e. The Morgan fingerprint density at radius 1 is 1.20 bits per heavy atom. The van der Waals surface area contributed by atoms with Crippen LogP contribution in [0.25, 0.3) is 22.2 Å². The van der Waals surface area contributed by atoms with Gasteiger partial charge in [-0.25, -0.2) is 4.79 Å². The lowest BCUT2D eigenvalue weighted by molar-refractivity contribution is -0.131. The molecule has 0 bridgehead atoms. The number of rotatable bonds is 3. The van der Waals surface area contributed by atoms with E-state index in [1.165, 1.54) is 6.92 Å². The Morgan fingerprint density at radius 2 is 1.96 bits per heavy atom. The van der Waals surface area contributed by atoms with Crippen molar-refractivity contribution < 1.29 is 9.53 Å². The highest BCUT2D eigenvalue weighted by Crippen LogP contribution is 2.30. The molecule has 0 aliphatic carbocycles. The van der Waals surface area contributed by atoms with Gasteiger partial charge >= 0.3 is 11.7 Å². The number of benzene rings is 2. The Balaban J connectivity index is 2.29. The highest BCUT2D eigenvalue weighted by Gasteiger charge is 2.15. The number of fused-ring (bicyclic) bond motifs is 1. The lowest BCUT2D eigenvalue weighted by Gasteiger charge is -2.16. The van der Waals surface area contributed by atoms with E-state index >= 15 is 0 Å². The van der Waals surface area contributed by atoms with Crippen LogP contribution in [0.5, 0.6) is 5.75 Å². The lowest BCUT2D eigenvalue weighted by atomic mass is 10.1. The van der Waals surface area contributed by atoms with Crippen molar-refractivity contribution in [3.05, 3.63) is 58.0 Å². The van der Waals surface area contributed by atoms with Crippen molar-refractivity contribution >= 4 is 28.5 Å². The fourth-order valence-corrected chi connectivity index (χ4v) is 2.98. The number of nitrogens with zero attached hydrogens (tertiary/aromatic N) is 2. The summed E-state index contributed by atoms with van der Waals surface area (Å²) in [5, 5.41) is 1.35. The average molecular weight is 357 g/mol. The monoisotopic (exact) mass is 356 g/mol. The minimum Gasteiger partial charge on any atom is -0.427 e. The van der Waals surface area contributed by atoms with E-state index in [9.17, 15) is 9.59 Å². The zero-order valence-electron chi connectivity index (χ0n) is 14.1. The van der Waals surface area contributed by atoms with E-state index < -0.39 is 5.97 Å². The molecule has 0 atom stereocenters. The number of ether oxygens (including phenoxy) is 1. The topological polar surface area (TPSA) is 61.2 Å². The Morgan fingerprint density at radius 3 is 2.64 bits per heavy atom. The third-order valence-electron chi connectivity index (χ3n) is 3.77. The van der Waals surface area contributed by atoms with Gasteiger partial charge in [-0.05, 0) is 44.2 Å². The minimum absolute atomic E-state index is 0.0533. The minimum atomic E-state index is -0.406. The summed E-state index contributed by atoms with van der Waals surface area (Å²) in [6.07, 6.45) is 0. The first-order chi connectivity index (χ1) is 11.9. The second-order valence-corrected chi connectivity index (χ2v) is 6.43. The predicted octanol–water partition coefficient (Wildman–Crippen LogP) is 4.22. The standard InChI is InChI=1S/C19H17ClN2O3/c1-11(2)22-17-10-14(20)7-8-16(17)18(21-19(22)24)13-5-4-6-15(9-13)25-12(3)23/h4-11H,1-3H3. The molecule has 5 nitrogen and oxygen atoms in total. The maximum atomic E-state index is 12.6. The van der Waals surface area contributed by atoms with Gasteiger partial charge in [0, 0.05) is 28.9 Å². The normalized spacial score (nSPS) is 11.1. The molecule has 0 aliphatic rings. The van der Waals surface area contributed by atoms with Crippen LogP contribution < -0.4 is 10.4 Å². The molecule has 0 fully saturated rings. The predicted molar refractivity (Wildman–Crippen MR) is 98.1 cm³/mol. The molecule has 1 heterocycles. The van der Waals surface area contributed by atoms with Crippen LogP contribution in [0.4, 0.5) is 0 Å². The molecule has 0 unspecified atom stereocenters. The number of esters is 1. The van der Waals surface area contributed by atoms with Crippen molar-refractivity contribution in [2.75, 3.05) is 0 Å². The van der Waals surface area contributed by atoms with Gasteiger partial charge in [-0.3, -0.25) is 9.36 Å². The third-order valence-corrected chi connectivity index (χ3v) is 4.01. The molecule has 0 spiro atoms. The van der Waals surface area contributed by atoms with E-state index in [1.807, 2.05) is 26.0 Å². The highest BCUT2D eigenvalue weighted by atomic mass is 35.5.